The summed E-state index contributed by atoms with van der Waals surface area (Å²) in [5.41, 5.74) is 0.0151. The van der Waals surface area contributed by atoms with Crippen LogP contribution in [0.4, 0.5) is 0 Å². The minimum Gasteiger partial charge on any atom is -0.461 e. The fourth-order valence-electron chi connectivity index (χ4n) is 2.34. The third-order valence-corrected chi connectivity index (χ3v) is 3.82. The molecule has 2 heterocycles. The fraction of sp³-hybridized carbons (Fsp3) is 0.235. The van der Waals surface area contributed by atoms with E-state index in [2.05, 4.69) is 10.4 Å². The zero-order chi connectivity index (χ0) is 18.7. The lowest BCUT2D eigenvalue weighted by molar-refractivity contribution is -0.122. The zero-order valence-corrected chi connectivity index (χ0v) is 14.7. The molecule has 0 radical (unpaired) electrons. The summed E-state index contributed by atoms with van der Waals surface area (Å²) >= 11 is 5.88. The van der Waals surface area contributed by atoms with Gasteiger partial charge in [-0.25, -0.2) is 4.79 Å². The first kappa shape index (κ1) is 18.0. The first-order valence-electron chi connectivity index (χ1n) is 7.90. The largest absolute Gasteiger partial charge is 0.461 e. The van der Waals surface area contributed by atoms with Crippen molar-refractivity contribution in [3.63, 3.8) is 0 Å². The molecule has 136 valence electrons. The van der Waals surface area contributed by atoms with Crippen molar-refractivity contribution in [2.75, 3.05) is 6.54 Å². The average molecular weight is 377 g/mol. The second-order valence-electron chi connectivity index (χ2n) is 5.71. The maximum absolute atomic E-state index is 12.8. The average Bonchev–Trinajstić information content (AvgIpc) is 3.23. The van der Waals surface area contributed by atoms with Gasteiger partial charge >= 0.3 is 5.69 Å². The lowest BCUT2D eigenvalue weighted by atomic mass is 10.3. The lowest BCUT2D eigenvalue weighted by Gasteiger charge is -2.07. The Morgan fingerprint density at radius 2 is 2.08 bits per heavy atom. The standard InChI is InChI=1S/C17H17ClN4O4/c1-11(23)9-19-15(24)10-21-16(14-3-2-8-26-14)20-22(17(21)25)13-6-4-12(18)5-7-13/h2-8,11,23H,9-10H2,1H3,(H,19,24)/t11-/m1/s1. The van der Waals surface area contributed by atoms with Gasteiger partial charge in [-0.3, -0.25) is 9.36 Å². The molecule has 8 nitrogen and oxygen atoms in total. The number of benzene rings is 1. The van der Waals surface area contributed by atoms with Gasteiger partial charge in [0.1, 0.15) is 6.54 Å². The Kier molecular flexibility index (Phi) is 5.24. The quantitative estimate of drug-likeness (QED) is 0.677. The van der Waals surface area contributed by atoms with Crippen LogP contribution >= 0.6 is 11.6 Å². The number of rotatable bonds is 6. The minimum absolute atomic E-state index is 0.0923. The number of hydrogen-bond donors (Lipinski definition) is 2. The molecule has 0 spiro atoms. The fourth-order valence-corrected chi connectivity index (χ4v) is 2.46. The summed E-state index contributed by atoms with van der Waals surface area (Å²) in [5.74, 6) is 0.164. The van der Waals surface area contributed by atoms with Gasteiger partial charge in [0, 0.05) is 11.6 Å². The van der Waals surface area contributed by atoms with Crippen LogP contribution in [-0.2, 0) is 11.3 Å². The van der Waals surface area contributed by atoms with Crippen molar-refractivity contribution >= 4 is 17.5 Å². The molecule has 2 aromatic heterocycles. The van der Waals surface area contributed by atoms with E-state index < -0.39 is 17.7 Å². The highest BCUT2D eigenvalue weighted by Crippen LogP contribution is 2.18. The molecule has 9 heteroatoms. The molecule has 0 unspecified atom stereocenters. The second-order valence-corrected chi connectivity index (χ2v) is 6.15. The molecule has 0 bridgehead atoms. The van der Waals surface area contributed by atoms with E-state index in [0.29, 0.717) is 16.5 Å². The number of halogens is 1. The van der Waals surface area contributed by atoms with Gasteiger partial charge in [0.15, 0.2) is 5.76 Å². The molecule has 1 aromatic carbocycles. The van der Waals surface area contributed by atoms with Crippen LogP contribution in [-0.4, -0.2) is 38.0 Å². The number of hydrogen-bond acceptors (Lipinski definition) is 5. The molecule has 1 amide bonds. The van der Waals surface area contributed by atoms with Gasteiger partial charge in [-0.05, 0) is 43.3 Å². The molecular formula is C17H17ClN4O4. The molecule has 0 saturated heterocycles. The molecular weight excluding hydrogens is 360 g/mol. The number of furan rings is 1. The van der Waals surface area contributed by atoms with Crippen molar-refractivity contribution in [2.24, 2.45) is 0 Å². The van der Waals surface area contributed by atoms with E-state index in [1.807, 2.05) is 0 Å². The monoisotopic (exact) mass is 376 g/mol. The maximum Gasteiger partial charge on any atom is 0.351 e. The number of nitrogens with one attached hydrogen (secondary N) is 1. The van der Waals surface area contributed by atoms with E-state index in [1.54, 1.807) is 43.3 Å². The van der Waals surface area contributed by atoms with E-state index in [1.165, 1.54) is 15.5 Å². The zero-order valence-electron chi connectivity index (χ0n) is 13.9. The molecule has 26 heavy (non-hydrogen) atoms. The normalized spacial score (nSPS) is 12.1. The summed E-state index contributed by atoms with van der Waals surface area (Å²) < 4.78 is 7.72. The number of amides is 1. The Balaban J connectivity index is 2.00. The second kappa shape index (κ2) is 7.59. The van der Waals surface area contributed by atoms with Gasteiger partial charge in [0.05, 0.1) is 18.1 Å². The van der Waals surface area contributed by atoms with Crippen molar-refractivity contribution in [2.45, 2.75) is 19.6 Å². The molecule has 3 aromatic rings. The van der Waals surface area contributed by atoms with Crippen LogP contribution < -0.4 is 11.0 Å². The highest BCUT2D eigenvalue weighted by atomic mass is 35.5. The molecule has 2 N–H and O–H groups in total. The summed E-state index contributed by atoms with van der Waals surface area (Å²) in [6.07, 6.45) is 0.774. The molecule has 0 aliphatic carbocycles. The van der Waals surface area contributed by atoms with E-state index in [0.717, 1.165) is 0 Å². The predicted molar refractivity (Wildman–Crippen MR) is 95.2 cm³/mol. The summed E-state index contributed by atoms with van der Waals surface area (Å²) in [4.78, 5) is 24.9. The third kappa shape index (κ3) is 3.87. The van der Waals surface area contributed by atoms with Crippen LogP contribution in [0.25, 0.3) is 17.3 Å². The number of carbonyl (C=O) groups excluding carboxylic acids is 1. The van der Waals surface area contributed by atoms with Crippen molar-refractivity contribution in [3.8, 4) is 17.3 Å². The third-order valence-electron chi connectivity index (χ3n) is 3.57. The number of aromatic nitrogens is 3. The van der Waals surface area contributed by atoms with E-state index in [-0.39, 0.29) is 18.9 Å². The maximum atomic E-state index is 12.8. The van der Waals surface area contributed by atoms with Gasteiger partial charge in [0.2, 0.25) is 11.7 Å². The van der Waals surface area contributed by atoms with E-state index in [9.17, 15) is 14.7 Å². The molecule has 0 fully saturated rings. The van der Waals surface area contributed by atoms with Crippen LogP contribution in [0, 0.1) is 0 Å². The van der Waals surface area contributed by atoms with E-state index in [4.69, 9.17) is 16.0 Å². The topological polar surface area (TPSA) is 102 Å². The predicted octanol–water partition coefficient (Wildman–Crippen LogP) is 1.44. The summed E-state index contributed by atoms with van der Waals surface area (Å²) in [7, 11) is 0. The molecule has 0 saturated carbocycles. The van der Waals surface area contributed by atoms with Crippen molar-refractivity contribution < 1.29 is 14.3 Å². The number of aliphatic hydroxyl groups excluding tert-OH is 1. The summed E-state index contributed by atoms with van der Waals surface area (Å²) in [6.45, 7) is 1.39. The molecule has 0 aliphatic heterocycles. The minimum atomic E-state index is -0.683. The van der Waals surface area contributed by atoms with Gasteiger partial charge in [-0.2, -0.15) is 4.68 Å². The van der Waals surface area contributed by atoms with Crippen LogP contribution in [0.2, 0.25) is 5.02 Å². The van der Waals surface area contributed by atoms with Gasteiger partial charge in [-0.1, -0.05) is 11.6 Å². The van der Waals surface area contributed by atoms with Crippen molar-refractivity contribution in [1.82, 2.24) is 19.7 Å². The van der Waals surface area contributed by atoms with Crippen LogP contribution in [0.1, 0.15) is 6.92 Å². The summed E-state index contributed by atoms with van der Waals surface area (Å²) in [5, 5.41) is 16.7. The van der Waals surface area contributed by atoms with E-state index >= 15 is 0 Å². The molecule has 3 rings (SSSR count). The van der Waals surface area contributed by atoms with Crippen LogP contribution in [0.3, 0.4) is 0 Å². The number of nitrogens with zero attached hydrogens (tertiary/aromatic N) is 3. The Morgan fingerprint density at radius 3 is 2.69 bits per heavy atom. The van der Waals surface area contributed by atoms with Crippen LogP contribution in [0.5, 0.6) is 0 Å². The SMILES string of the molecule is C[C@@H](O)CNC(=O)Cn1c(-c2ccco2)nn(-c2ccc(Cl)cc2)c1=O. The Morgan fingerprint density at radius 1 is 1.35 bits per heavy atom. The number of carbonyl (C=O) groups is 1. The van der Waals surface area contributed by atoms with Gasteiger partial charge in [-0.15, -0.1) is 5.10 Å². The van der Waals surface area contributed by atoms with Gasteiger partial charge in [0.25, 0.3) is 0 Å². The Labute approximate surface area is 153 Å². The summed E-state index contributed by atoms with van der Waals surface area (Å²) in [6, 6.07) is 9.91. The van der Waals surface area contributed by atoms with Crippen molar-refractivity contribution in [3.05, 3.63) is 58.2 Å². The Hall–Kier alpha value is -2.84. The molecule has 1 atom stereocenters. The first-order valence-corrected chi connectivity index (χ1v) is 8.28. The van der Waals surface area contributed by atoms with Crippen LogP contribution in [0.15, 0.2) is 51.9 Å². The molecule has 0 aliphatic rings. The van der Waals surface area contributed by atoms with Gasteiger partial charge < -0.3 is 14.8 Å². The number of aliphatic hydroxyl groups is 1. The Bertz CT molecular complexity index is 942. The highest BCUT2D eigenvalue weighted by Gasteiger charge is 2.20. The van der Waals surface area contributed by atoms with Crippen molar-refractivity contribution in [1.29, 1.82) is 0 Å². The first-order chi connectivity index (χ1) is 12.5. The smallest absolute Gasteiger partial charge is 0.351 e. The highest BCUT2D eigenvalue weighted by molar-refractivity contribution is 6.30. The lowest BCUT2D eigenvalue weighted by Crippen LogP contribution is -2.36.